The molecule has 4 N–H and O–H groups in total. The molecule has 0 fully saturated rings. The first-order chi connectivity index (χ1) is 7.44. The Morgan fingerprint density at radius 2 is 1.82 bits per heavy atom. The molecular weight excluding hydrogens is 252 g/mol. The number of benzene rings is 1. The zero-order valence-corrected chi connectivity index (χ0v) is 12.4. The first-order valence-electron chi connectivity index (χ1n) is 5.67. The number of hydrogen-bond donors (Lipinski definition) is 2. The molecule has 0 spiro atoms. The number of nitrogens with two attached hydrogens (primary N) is 2. The van der Waals surface area contributed by atoms with Crippen molar-refractivity contribution in [3.63, 3.8) is 0 Å². The van der Waals surface area contributed by atoms with Gasteiger partial charge >= 0.3 is 0 Å². The lowest BCUT2D eigenvalue weighted by Crippen LogP contribution is -2.17. The van der Waals surface area contributed by atoms with Crippen LogP contribution >= 0.6 is 24.2 Å². The van der Waals surface area contributed by atoms with Crippen LogP contribution in [0.15, 0.2) is 29.2 Å². The fourth-order valence-electron chi connectivity index (χ4n) is 1.54. The Labute approximate surface area is 115 Å². The summed E-state index contributed by atoms with van der Waals surface area (Å²) in [6, 6.07) is 8.40. The predicted molar refractivity (Wildman–Crippen MR) is 79.9 cm³/mol. The lowest BCUT2D eigenvalue weighted by Gasteiger charge is -2.22. The minimum Gasteiger partial charge on any atom is -0.330 e. The summed E-state index contributed by atoms with van der Waals surface area (Å²) in [5.41, 5.74) is 12.9. The largest absolute Gasteiger partial charge is 0.330 e. The number of rotatable bonds is 4. The molecular formula is C13H23ClN2S. The SMILES string of the molecule is CC(C)(C)Sc1ccccc1[C@H](N)CCN.Cl. The highest BCUT2D eigenvalue weighted by Gasteiger charge is 2.17. The highest BCUT2D eigenvalue weighted by atomic mass is 35.5. The Hall–Kier alpha value is -0.220. The molecule has 4 heteroatoms. The molecule has 1 aromatic rings. The Balaban J connectivity index is 0.00000256. The Morgan fingerprint density at radius 1 is 1.24 bits per heavy atom. The molecule has 1 aromatic carbocycles. The monoisotopic (exact) mass is 274 g/mol. The van der Waals surface area contributed by atoms with Crippen LogP contribution in [-0.2, 0) is 0 Å². The van der Waals surface area contributed by atoms with Crippen molar-refractivity contribution in [2.75, 3.05) is 6.54 Å². The maximum atomic E-state index is 6.13. The third-order valence-electron chi connectivity index (χ3n) is 2.21. The van der Waals surface area contributed by atoms with E-state index in [2.05, 4.69) is 39.0 Å². The van der Waals surface area contributed by atoms with Gasteiger partial charge in [0.05, 0.1) is 0 Å². The van der Waals surface area contributed by atoms with Gasteiger partial charge in [0.15, 0.2) is 0 Å². The van der Waals surface area contributed by atoms with Gasteiger partial charge in [-0.1, -0.05) is 39.0 Å². The minimum absolute atomic E-state index is 0. The Kier molecular flexibility index (Phi) is 7.17. The van der Waals surface area contributed by atoms with Gasteiger partial charge in [-0.2, -0.15) is 0 Å². The second kappa shape index (κ2) is 7.27. The average molecular weight is 275 g/mol. The normalized spacial score (nSPS) is 13.0. The van der Waals surface area contributed by atoms with Gasteiger partial charge in [0.2, 0.25) is 0 Å². The van der Waals surface area contributed by atoms with Crippen LogP contribution in [0, 0.1) is 0 Å². The molecule has 0 saturated heterocycles. The van der Waals surface area contributed by atoms with Crippen LogP contribution in [0.4, 0.5) is 0 Å². The van der Waals surface area contributed by atoms with E-state index in [9.17, 15) is 0 Å². The summed E-state index contributed by atoms with van der Waals surface area (Å²) >= 11 is 1.86. The number of hydrogen-bond acceptors (Lipinski definition) is 3. The van der Waals surface area contributed by atoms with Gasteiger partial charge in [-0.25, -0.2) is 0 Å². The maximum Gasteiger partial charge on any atom is 0.0318 e. The fourth-order valence-corrected chi connectivity index (χ4v) is 2.69. The van der Waals surface area contributed by atoms with Crippen molar-refractivity contribution in [1.82, 2.24) is 0 Å². The summed E-state index contributed by atoms with van der Waals surface area (Å²) in [5, 5.41) is 0. The zero-order valence-electron chi connectivity index (χ0n) is 10.8. The van der Waals surface area contributed by atoms with Crippen LogP contribution in [0.3, 0.4) is 0 Å². The molecule has 0 amide bonds. The van der Waals surface area contributed by atoms with Crippen molar-refractivity contribution in [2.24, 2.45) is 11.5 Å². The molecule has 98 valence electrons. The van der Waals surface area contributed by atoms with Gasteiger partial charge in [-0.3, -0.25) is 0 Å². The standard InChI is InChI=1S/C13H22N2S.ClH/c1-13(2,3)16-12-7-5-4-6-10(12)11(15)8-9-14;/h4-7,11H,8-9,14-15H2,1-3H3;1H/t11-;/m1./s1. The van der Waals surface area contributed by atoms with Crippen molar-refractivity contribution in [2.45, 2.75) is 42.9 Å². The van der Waals surface area contributed by atoms with Crippen LogP contribution < -0.4 is 11.5 Å². The second-order valence-corrected chi connectivity index (χ2v) is 6.80. The third-order valence-corrected chi connectivity index (χ3v) is 3.42. The van der Waals surface area contributed by atoms with Crippen LogP contribution in [0.25, 0.3) is 0 Å². The second-order valence-electron chi connectivity index (χ2n) is 4.94. The summed E-state index contributed by atoms with van der Waals surface area (Å²) in [4.78, 5) is 1.27. The molecule has 17 heavy (non-hydrogen) atoms. The maximum absolute atomic E-state index is 6.13. The van der Waals surface area contributed by atoms with E-state index in [0.29, 0.717) is 6.54 Å². The van der Waals surface area contributed by atoms with E-state index in [1.54, 1.807) is 0 Å². The summed E-state index contributed by atoms with van der Waals surface area (Å²) in [5.74, 6) is 0. The topological polar surface area (TPSA) is 52.0 Å². The molecule has 0 heterocycles. The van der Waals surface area contributed by atoms with E-state index in [4.69, 9.17) is 11.5 Å². The molecule has 0 aliphatic rings. The van der Waals surface area contributed by atoms with Gasteiger partial charge in [0, 0.05) is 15.7 Å². The van der Waals surface area contributed by atoms with Gasteiger partial charge < -0.3 is 11.5 Å². The van der Waals surface area contributed by atoms with E-state index in [0.717, 1.165) is 6.42 Å². The molecule has 0 unspecified atom stereocenters. The highest BCUT2D eigenvalue weighted by Crippen LogP contribution is 2.36. The fraction of sp³-hybridized carbons (Fsp3) is 0.538. The van der Waals surface area contributed by atoms with Gasteiger partial charge in [0.25, 0.3) is 0 Å². The summed E-state index contributed by atoms with van der Waals surface area (Å²) < 4.78 is 0.207. The third kappa shape index (κ3) is 5.77. The van der Waals surface area contributed by atoms with E-state index in [1.165, 1.54) is 10.5 Å². The molecule has 2 nitrogen and oxygen atoms in total. The van der Waals surface area contributed by atoms with E-state index < -0.39 is 0 Å². The quantitative estimate of drug-likeness (QED) is 0.828. The van der Waals surface area contributed by atoms with E-state index >= 15 is 0 Å². The molecule has 1 atom stereocenters. The highest BCUT2D eigenvalue weighted by molar-refractivity contribution is 8.00. The zero-order chi connectivity index (χ0) is 12.2. The van der Waals surface area contributed by atoms with Crippen LogP contribution in [0.1, 0.15) is 38.8 Å². The lowest BCUT2D eigenvalue weighted by molar-refractivity contribution is 0.650. The predicted octanol–water partition coefficient (Wildman–Crippen LogP) is 3.35. The smallest absolute Gasteiger partial charge is 0.0318 e. The van der Waals surface area contributed by atoms with Gasteiger partial charge in [-0.05, 0) is 24.6 Å². The molecule has 0 radical (unpaired) electrons. The average Bonchev–Trinajstić information content (AvgIpc) is 2.16. The van der Waals surface area contributed by atoms with Gasteiger partial charge in [-0.15, -0.1) is 24.2 Å². The molecule has 0 aliphatic carbocycles. The van der Waals surface area contributed by atoms with Crippen LogP contribution in [-0.4, -0.2) is 11.3 Å². The Bertz CT molecular complexity index is 336. The van der Waals surface area contributed by atoms with Crippen molar-refractivity contribution >= 4 is 24.2 Å². The molecule has 1 rings (SSSR count). The van der Waals surface area contributed by atoms with Crippen molar-refractivity contribution < 1.29 is 0 Å². The molecule has 0 aliphatic heterocycles. The number of halogens is 1. The first-order valence-corrected chi connectivity index (χ1v) is 6.49. The van der Waals surface area contributed by atoms with E-state index in [-0.39, 0.29) is 23.2 Å². The summed E-state index contributed by atoms with van der Waals surface area (Å²) in [7, 11) is 0. The lowest BCUT2D eigenvalue weighted by atomic mass is 10.1. The number of thioether (sulfide) groups is 1. The summed E-state index contributed by atoms with van der Waals surface area (Å²) in [6.45, 7) is 7.27. The van der Waals surface area contributed by atoms with E-state index in [1.807, 2.05) is 17.8 Å². The van der Waals surface area contributed by atoms with Crippen LogP contribution in [0.2, 0.25) is 0 Å². The van der Waals surface area contributed by atoms with Gasteiger partial charge in [0.1, 0.15) is 0 Å². The molecule has 0 bridgehead atoms. The van der Waals surface area contributed by atoms with Crippen LogP contribution in [0.5, 0.6) is 0 Å². The Morgan fingerprint density at radius 3 is 2.35 bits per heavy atom. The molecule has 0 aromatic heterocycles. The summed E-state index contributed by atoms with van der Waals surface area (Å²) in [6.07, 6.45) is 0.835. The minimum atomic E-state index is 0. The first kappa shape index (κ1) is 16.8. The van der Waals surface area contributed by atoms with Crippen molar-refractivity contribution in [1.29, 1.82) is 0 Å². The van der Waals surface area contributed by atoms with Crippen molar-refractivity contribution in [3.05, 3.63) is 29.8 Å². The van der Waals surface area contributed by atoms with Crippen molar-refractivity contribution in [3.8, 4) is 0 Å². The molecule has 0 saturated carbocycles.